The summed E-state index contributed by atoms with van der Waals surface area (Å²) in [5.41, 5.74) is 6.89. The van der Waals surface area contributed by atoms with Crippen LogP contribution in [-0.4, -0.2) is 21.3 Å². The lowest BCUT2D eigenvalue weighted by molar-refractivity contribution is -0.274. The van der Waals surface area contributed by atoms with Gasteiger partial charge in [-0.25, -0.2) is 9.97 Å². The maximum atomic E-state index is 12.8. The van der Waals surface area contributed by atoms with E-state index in [-0.39, 0.29) is 28.7 Å². The van der Waals surface area contributed by atoms with Crippen molar-refractivity contribution >= 4 is 17.5 Å². The van der Waals surface area contributed by atoms with Gasteiger partial charge < -0.3 is 20.5 Å². The van der Waals surface area contributed by atoms with E-state index in [4.69, 9.17) is 15.7 Å². The monoisotopic (exact) mass is 464 g/mol. The molecule has 4 aromatic rings. The second kappa shape index (κ2) is 9.33. The summed E-state index contributed by atoms with van der Waals surface area (Å²) in [5, 5.41) is 12.0. The first-order valence-corrected chi connectivity index (χ1v) is 9.70. The molecule has 11 heteroatoms. The van der Waals surface area contributed by atoms with E-state index in [0.717, 1.165) is 0 Å². The summed E-state index contributed by atoms with van der Waals surface area (Å²) in [4.78, 5) is 12.0. The first-order valence-electron chi connectivity index (χ1n) is 9.70. The summed E-state index contributed by atoms with van der Waals surface area (Å²) >= 11 is 0. The molecule has 4 rings (SSSR count). The highest BCUT2D eigenvalue weighted by Crippen LogP contribution is 2.34. The van der Waals surface area contributed by atoms with E-state index in [1.54, 1.807) is 36.4 Å². The average Bonchev–Trinajstić information content (AvgIpc) is 2.79. The Morgan fingerprint density at radius 2 is 1.71 bits per heavy atom. The van der Waals surface area contributed by atoms with E-state index in [1.807, 2.05) is 6.07 Å². The molecule has 0 atom stereocenters. The molecule has 0 saturated carbocycles. The molecule has 0 fully saturated rings. The Kier molecular flexibility index (Phi) is 6.13. The largest absolute Gasteiger partial charge is 0.573 e. The highest BCUT2D eigenvalue weighted by Gasteiger charge is 2.32. The van der Waals surface area contributed by atoms with E-state index in [2.05, 4.69) is 25.0 Å². The molecule has 0 spiro atoms. The Balaban J connectivity index is 1.54. The van der Waals surface area contributed by atoms with Gasteiger partial charge in [0.15, 0.2) is 0 Å². The Morgan fingerprint density at radius 3 is 2.44 bits per heavy atom. The van der Waals surface area contributed by atoms with Crippen LogP contribution in [0.3, 0.4) is 0 Å². The van der Waals surface area contributed by atoms with Crippen LogP contribution in [-0.2, 0) is 0 Å². The van der Waals surface area contributed by atoms with E-state index in [9.17, 15) is 13.2 Å². The van der Waals surface area contributed by atoms with Crippen LogP contribution in [0.5, 0.6) is 17.2 Å². The standard InChI is InChI=1S/C23H15F3N6O2/c24-23(25,26)34-20-4-2-1-3-18(20)19-12-21(32-22(28)31-19)30-14-5-7-16(8-6-14)33-17-9-10-29-15(11-17)13-27/h1-12H,(H3,28,30,31,32). The SMILES string of the molecule is N#Cc1cc(Oc2ccc(Nc3cc(-c4ccccc4OC(F)(F)F)nc(N)n3)cc2)ccn1. The maximum Gasteiger partial charge on any atom is 0.573 e. The highest BCUT2D eigenvalue weighted by molar-refractivity contribution is 5.71. The third kappa shape index (κ3) is 5.68. The Hall–Kier alpha value is -4.85. The number of pyridine rings is 1. The fourth-order valence-electron chi connectivity index (χ4n) is 2.99. The number of nitrogens with one attached hydrogen (secondary N) is 1. The van der Waals surface area contributed by atoms with E-state index in [0.29, 0.717) is 17.2 Å². The first-order chi connectivity index (χ1) is 16.3. The molecule has 0 radical (unpaired) electrons. The highest BCUT2D eigenvalue weighted by atomic mass is 19.4. The summed E-state index contributed by atoms with van der Waals surface area (Å²) in [6.07, 6.45) is -3.38. The van der Waals surface area contributed by atoms with Crippen LogP contribution in [0.15, 0.2) is 72.9 Å². The molecule has 0 aliphatic heterocycles. The van der Waals surface area contributed by atoms with Gasteiger partial charge in [0.1, 0.15) is 34.8 Å². The van der Waals surface area contributed by atoms with Gasteiger partial charge in [-0.1, -0.05) is 12.1 Å². The van der Waals surface area contributed by atoms with E-state index >= 15 is 0 Å². The van der Waals surface area contributed by atoms with Gasteiger partial charge in [0.05, 0.1) is 5.69 Å². The molecule has 34 heavy (non-hydrogen) atoms. The van der Waals surface area contributed by atoms with Crippen molar-refractivity contribution in [1.82, 2.24) is 15.0 Å². The molecule has 170 valence electrons. The molecule has 0 unspecified atom stereocenters. The van der Waals surface area contributed by atoms with Crippen LogP contribution < -0.4 is 20.5 Å². The molecule has 0 saturated heterocycles. The number of ether oxygens (including phenoxy) is 2. The van der Waals surface area contributed by atoms with Crippen molar-refractivity contribution in [3.63, 3.8) is 0 Å². The number of halogens is 3. The number of nitrogens with zero attached hydrogens (tertiary/aromatic N) is 4. The van der Waals surface area contributed by atoms with Crippen molar-refractivity contribution in [3.05, 3.63) is 78.6 Å². The second-order valence-corrected chi connectivity index (χ2v) is 6.78. The number of nitriles is 1. The molecule has 0 amide bonds. The van der Waals surface area contributed by atoms with Gasteiger partial charge in [0.2, 0.25) is 5.95 Å². The topological polar surface area (TPSA) is 119 Å². The Labute approximate surface area is 191 Å². The van der Waals surface area contributed by atoms with Crippen molar-refractivity contribution in [2.75, 3.05) is 11.1 Å². The fraction of sp³-hybridized carbons (Fsp3) is 0.0435. The zero-order chi connectivity index (χ0) is 24.1. The zero-order valence-electron chi connectivity index (χ0n) is 17.2. The van der Waals surface area contributed by atoms with Crippen LogP contribution >= 0.6 is 0 Å². The predicted molar refractivity (Wildman–Crippen MR) is 117 cm³/mol. The van der Waals surface area contributed by atoms with Crippen LogP contribution in [0.4, 0.5) is 30.6 Å². The predicted octanol–water partition coefficient (Wildman–Crippen LogP) is 5.43. The third-order valence-electron chi connectivity index (χ3n) is 4.34. The number of para-hydroxylation sites is 1. The molecule has 2 heterocycles. The number of benzene rings is 2. The summed E-state index contributed by atoms with van der Waals surface area (Å²) in [6.45, 7) is 0. The minimum absolute atomic E-state index is 0.106. The first kappa shape index (κ1) is 22.3. The lowest BCUT2D eigenvalue weighted by Crippen LogP contribution is -2.17. The smallest absolute Gasteiger partial charge is 0.457 e. The minimum Gasteiger partial charge on any atom is -0.457 e. The number of hydrogen-bond acceptors (Lipinski definition) is 8. The Bertz CT molecular complexity index is 1350. The number of nitrogen functional groups attached to an aromatic ring is 1. The molecule has 0 aliphatic carbocycles. The summed E-state index contributed by atoms with van der Waals surface area (Å²) in [6, 6.07) is 18.9. The van der Waals surface area contributed by atoms with Gasteiger partial charge in [0.25, 0.3) is 0 Å². The second-order valence-electron chi connectivity index (χ2n) is 6.78. The molecular formula is C23H15F3N6O2. The van der Waals surface area contributed by atoms with Crippen molar-refractivity contribution in [3.8, 4) is 34.6 Å². The van der Waals surface area contributed by atoms with Gasteiger partial charge in [0, 0.05) is 29.6 Å². The minimum atomic E-state index is -4.86. The average molecular weight is 464 g/mol. The number of nitrogens with two attached hydrogens (primary N) is 1. The van der Waals surface area contributed by atoms with Gasteiger partial charge >= 0.3 is 6.36 Å². The third-order valence-corrected chi connectivity index (χ3v) is 4.34. The van der Waals surface area contributed by atoms with Crippen molar-refractivity contribution < 1.29 is 22.6 Å². The number of hydrogen-bond donors (Lipinski definition) is 2. The molecule has 0 bridgehead atoms. The quantitative estimate of drug-likeness (QED) is 0.388. The lowest BCUT2D eigenvalue weighted by Gasteiger charge is -2.14. The normalized spacial score (nSPS) is 10.9. The van der Waals surface area contributed by atoms with Crippen LogP contribution in [0, 0.1) is 11.3 Å². The van der Waals surface area contributed by atoms with E-state index in [1.165, 1.54) is 36.5 Å². The van der Waals surface area contributed by atoms with Crippen molar-refractivity contribution in [2.45, 2.75) is 6.36 Å². The summed E-state index contributed by atoms with van der Waals surface area (Å²) < 4.78 is 48.1. The lowest BCUT2D eigenvalue weighted by atomic mass is 10.1. The Morgan fingerprint density at radius 1 is 0.941 bits per heavy atom. The molecular weight excluding hydrogens is 449 g/mol. The number of alkyl halides is 3. The maximum absolute atomic E-state index is 12.8. The summed E-state index contributed by atoms with van der Waals surface area (Å²) in [5.74, 6) is 0.705. The zero-order valence-corrected chi connectivity index (χ0v) is 17.2. The van der Waals surface area contributed by atoms with Gasteiger partial charge in [-0.3, -0.25) is 0 Å². The van der Waals surface area contributed by atoms with Crippen LogP contribution in [0.2, 0.25) is 0 Å². The number of aromatic nitrogens is 3. The van der Waals surface area contributed by atoms with Gasteiger partial charge in [-0.05, 0) is 42.5 Å². The molecule has 0 aliphatic rings. The van der Waals surface area contributed by atoms with Crippen molar-refractivity contribution in [1.29, 1.82) is 5.26 Å². The molecule has 2 aromatic heterocycles. The van der Waals surface area contributed by atoms with Crippen molar-refractivity contribution in [2.24, 2.45) is 0 Å². The number of anilines is 3. The number of rotatable bonds is 6. The van der Waals surface area contributed by atoms with Crippen LogP contribution in [0.25, 0.3) is 11.3 Å². The summed E-state index contributed by atoms with van der Waals surface area (Å²) in [7, 11) is 0. The van der Waals surface area contributed by atoms with Gasteiger partial charge in [-0.2, -0.15) is 10.2 Å². The molecule has 3 N–H and O–H groups in total. The molecule has 8 nitrogen and oxygen atoms in total. The fourth-order valence-corrected chi connectivity index (χ4v) is 2.99. The van der Waals surface area contributed by atoms with Gasteiger partial charge in [-0.15, -0.1) is 13.2 Å². The molecule has 2 aromatic carbocycles. The van der Waals surface area contributed by atoms with E-state index < -0.39 is 12.1 Å². The van der Waals surface area contributed by atoms with Crippen LogP contribution in [0.1, 0.15) is 5.69 Å².